The highest BCUT2D eigenvalue weighted by Gasteiger charge is 2.21. The maximum Gasteiger partial charge on any atom is 0.247 e. The molecule has 0 fully saturated rings. The number of amides is 1. The summed E-state index contributed by atoms with van der Waals surface area (Å²) < 4.78 is 4.46. The van der Waals surface area contributed by atoms with E-state index in [1.807, 2.05) is 37.8 Å². The Labute approximate surface area is 132 Å². The van der Waals surface area contributed by atoms with Gasteiger partial charge in [0.15, 0.2) is 0 Å². The minimum Gasteiger partial charge on any atom is -0.338 e. The second kappa shape index (κ2) is 6.43. The SMILES string of the molecule is CCn1cc(Br)c(CN(C)C(=O)C(C)n2cc(C)cn2)n1. The molecule has 114 valence electrons. The summed E-state index contributed by atoms with van der Waals surface area (Å²) in [6.07, 6.45) is 5.55. The van der Waals surface area contributed by atoms with E-state index in [1.54, 1.807) is 22.8 Å². The van der Waals surface area contributed by atoms with Crippen molar-refractivity contribution in [3.63, 3.8) is 0 Å². The average molecular weight is 354 g/mol. The van der Waals surface area contributed by atoms with Gasteiger partial charge < -0.3 is 4.90 Å². The molecule has 0 radical (unpaired) electrons. The second-order valence-corrected chi connectivity index (χ2v) is 6.00. The van der Waals surface area contributed by atoms with Gasteiger partial charge in [-0.3, -0.25) is 14.2 Å². The molecule has 21 heavy (non-hydrogen) atoms. The van der Waals surface area contributed by atoms with Crippen LogP contribution in [-0.2, 0) is 17.9 Å². The van der Waals surface area contributed by atoms with Crippen molar-refractivity contribution in [2.45, 2.75) is 39.9 Å². The molecule has 0 aliphatic heterocycles. The molecule has 2 aromatic heterocycles. The molecule has 0 aliphatic rings. The standard InChI is InChI=1S/C14H20BrN5O/c1-5-19-8-12(15)13(17-19)9-18(4)14(21)11(3)20-7-10(2)6-16-20/h6-8,11H,5,9H2,1-4H3. The summed E-state index contributed by atoms with van der Waals surface area (Å²) in [6.45, 7) is 7.11. The smallest absolute Gasteiger partial charge is 0.247 e. The third kappa shape index (κ3) is 3.53. The molecule has 0 saturated heterocycles. The van der Waals surface area contributed by atoms with E-state index in [1.165, 1.54) is 0 Å². The number of carbonyl (C=O) groups is 1. The van der Waals surface area contributed by atoms with Gasteiger partial charge in [-0.25, -0.2) is 0 Å². The van der Waals surface area contributed by atoms with Crippen LogP contribution in [0.4, 0.5) is 0 Å². The molecule has 0 aliphatic carbocycles. The summed E-state index contributed by atoms with van der Waals surface area (Å²) in [5, 5.41) is 8.64. The summed E-state index contributed by atoms with van der Waals surface area (Å²) in [5.41, 5.74) is 1.90. The molecule has 2 heterocycles. The number of aromatic nitrogens is 4. The van der Waals surface area contributed by atoms with E-state index in [0.717, 1.165) is 22.3 Å². The molecular formula is C14H20BrN5O. The largest absolute Gasteiger partial charge is 0.338 e. The average Bonchev–Trinajstić information content (AvgIpc) is 3.04. The lowest BCUT2D eigenvalue weighted by Crippen LogP contribution is -2.33. The summed E-state index contributed by atoms with van der Waals surface area (Å²) in [4.78, 5) is 14.1. The van der Waals surface area contributed by atoms with Gasteiger partial charge in [-0.1, -0.05) is 0 Å². The number of aryl methyl sites for hydroxylation is 2. The first-order chi connectivity index (χ1) is 9.92. The van der Waals surface area contributed by atoms with Crippen LogP contribution in [-0.4, -0.2) is 37.4 Å². The highest BCUT2D eigenvalue weighted by Crippen LogP contribution is 2.18. The summed E-state index contributed by atoms with van der Waals surface area (Å²) in [7, 11) is 1.78. The molecule has 1 unspecified atom stereocenters. The molecule has 1 amide bonds. The predicted octanol–water partition coefficient (Wildman–Crippen LogP) is 2.39. The molecule has 1 atom stereocenters. The lowest BCUT2D eigenvalue weighted by atomic mass is 10.3. The van der Waals surface area contributed by atoms with Crippen molar-refractivity contribution >= 4 is 21.8 Å². The Kier molecular flexibility index (Phi) is 4.82. The first kappa shape index (κ1) is 15.8. The molecule has 7 heteroatoms. The fourth-order valence-electron chi connectivity index (χ4n) is 2.09. The Morgan fingerprint density at radius 2 is 2.19 bits per heavy atom. The van der Waals surface area contributed by atoms with Gasteiger partial charge in [-0.05, 0) is 42.3 Å². The monoisotopic (exact) mass is 353 g/mol. The van der Waals surface area contributed by atoms with Gasteiger partial charge in [0.2, 0.25) is 5.91 Å². The van der Waals surface area contributed by atoms with Gasteiger partial charge in [0.1, 0.15) is 6.04 Å². The van der Waals surface area contributed by atoms with Crippen molar-refractivity contribution < 1.29 is 4.79 Å². The maximum absolute atomic E-state index is 12.5. The predicted molar refractivity (Wildman–Crippen MR) is 83.8 cm³/mol. The number of hydrogen-bond donors (Lipinski definition) is 0. The molecule has 6 nitrogen and oxygen atoms in total. The van der Waals surface area contributed by atoms with Crippen molar-refractivity contribution in [1.82, 2.24) is 24.5 Å². The molecule has 0 saturated carbocycles. The highest BCUT2D eigenvalue weighted by molar-refractivity contribution is 9.10. The van der Waals surface area contributed by atoms with Crippen LogP contribution in [0.2, 0.25) is 0 Å². The molecule has 0 N–H and O–H groups in total. The number of likely N-dealkylation sites (N-methyl/N-ethyl adjacent to an activating group) is 1. The fraction of sp³-hybridized carbons (Fsp3) is 0.500. The zero-order valence-electron chi connectivity index (χ0n) is 12.7. The number of hydrogen-bond acceptors (Lipinski definition) is 3. The Hall–Kier alpha value is -1.63. The van der Waals surface area contributed by atoms with E-state index < -0.39 is 0 Å². The van der Waals surface area contributed by atoms with Crippen molar-refractivity contribution in [1.29, 1.82) is 0 Å². The van der Waals surface area contributed by atoms with Gasteiger partial charge in [0, 0.05) is 26.0 Å². The van der Waals surface area contributed by atoms with E-state index in [-0.39, 0.29) is 11.9 Å². The van der Waals surface area contributed by atoms with E-state index in [2.05, 4.69) is 26.1 Å². The summed E-state index contributed by atoms with van der Waals surface area (Å²) in [6, 6.07) is -0.323. The van der Waals surface area contributed by atoms with Crippen molar-refractivity contribution in [2.75, 3.05) is 7.05 Å². The van der Waals surface area contributed by atoms with E-state index in [4.69, 9.17) is 0 Å². The van der Waals surface area contributed by atoms with Crippen LogP contribution in [0.3, 0.4) is 0 Å². The Balaban J connectivity index is 2.06. The summed E-state index contributed by atoms with van der Waals surface area (Å²) in [5.74, 6) is 0.0102. The van der Waals surface area contributed by atoms with E-state index >= 15 is 0 Å². The summed E-state index contributed by atoms with van der Waals surface area (Å²) >= 11 is 3.48. The van der Waals surface area contributed by atoms with Gasteiger partial charge in [0.25, 0.3) is 0 Å². The molecule has 0 bridgehead atoms. The van der Waals surface area contributed by atoms with Crippen LogP contribution in [0.5, 0.6) is 0 Å². The quantitative estimate of drug-likeness (QED) is 0.829. The van der Waals surface area contributed by atoms with Crippen LogP contribution < -0.4 is 0 Å². The second-order valence-electron chi connectivity index (χ2n) is 5.15. The number of rotatable bonds is 5. The van der Waals surface area contributed by atoms with E-state index in [0.29, 0.717) is 6.54 Å². The normalized spacial score (nSPS) is 12.4. The van der Waals surface area contributed by atoms with Crippen LogP contribution >= 0.6 is 15.9 Å². The highest BCUT2D eigenvalue weighted by atomic mass is 79.9. The Morgan fingerprint density at radius 1 is 1.48 bits per heavy atom. The van der Waals surface area contributed by atoms with Crippen LogP contribution in [0, 0.1) is 6.92 Å². The van der Waals surface area contributed by atoms with Crippen LogP contribution in [0.1, 0.15) is 31.1 Å². The molecule has 2 rings (SSSR count). The Bertz CT molecular complexity index is 633. The van der Waals surface area contributed by atoms with Crippen molar-refractivity contribution in [3.8, 4) is 0 Å². The first-order valence-corrected chi connectivity index (χ1v) is 7.69. The number of nitrogens with zero attached hydrogens (tertiary/aromatic N) is 5. The van der Waals surface area contributed by atoms with Crippen molar-refractivity contribution in [3.05, 3.63) is 34.3 Å². The minimum atomic E-state index is -0.323. The molecule has 2 aromatic rings. The van der Waals surface area contributed by atoms with Crippen LogP contribution in [0.25, 0.3) is 0 Å². The van der Waals surface area contributed by atoms with Gasteiger partial charge >= 0.3 is 0 Å². The zero-order valence-corrected chi connectivity index (χ0v) is 14.3. The van der Waals surface area contributed by atoms with Gasteiger partial charge in [-0.2, -0.15) is 10.2 Å². The molecule has 0 spiro atoms. The number of halogens is 1. The number of carbonyl (C=O) groups excluding carboxylic acids is 1. The maximum atomic E-state index is 12.5. The lowest BCUT2D eigenvalue weighted by molar-refractivity contribution is -0.133. The zero-order chi connectivity index (χ0) is 15.6. The third-order valence-electron chi connectivity index (χ3n) is 3.36. The van der Waals surface area contributed by atoms with E-state index in [9.17, 15) is 4.79 Å². The fourth-order valence-corrected chi connectivity index (χ4v) is 2.53. The lowest BCUT2D eigenvalue weighted by Gasteiger charge is -2.21. The minimum absolute atomic E-state index is 0.0102. The Morgan fingerprint density at radius 3 is 2.71 bits per heavy atom. The van der Waals surface area contributed by atoms with Gasteiger partial charge in [-0.15, -0.1) is 0 Å². The van der Waals surface area contributed by atoms with Crippen LogP contribution in [0.15, 0.2) is 23.1 Å². The molecule has 0 aromatic carbocycles. The van der Waals surface area contributed by atoms with Crippen molar-refractivity contribution in [2.24, 2.45) is 0 Å². The molecular weight excluding hydrogens is 334 g/mol. The third-order valence-corrected chi connectivity index (χ3v) is 4.02. The van der Waals surface area contributed by atoms with Gasteiger partial charge in [0.05, 0.1) is 22.9 Å². The topological polar surface area (TPSA) is 56.0 Å². The first-order valence-electron chi connectivity index (χ1n) is 6.90.